The van der Waals surface area contributed by atoms with Crippen molar-refractivity contribution >= 4 is 27.7 Å². The quantitative estimate of drug-likeness (QED) is 0.611. The summed E-state index contributed by atoms with van der Waals surface area (Å²) in [7, 11) is -3.76. The average Bonchev–Trinajstić information content (AvgIpc) is 2.79. The topological polar surface area (TPSA) is 121 Å². The first-order valence-corrected chi connectivity index (χ1v) is 12.5. The number of carbonyl (C=O) groups is 2. The van der Waals surface area contributed by atoms with Crippen molar-refractivity contribution in [3.63, 3.8) is 0 Å². The predicted octanol–water partition coefficient (Wildman–Crippen LogP) is 2.16. The summed E-state index contributed by atoms with van der Waals surface area (Å²) in [5, 5.41) is 2.85. The van der Waals surface area contributed by atoms with Crippen molar-refractivity contribution in [2.45, 2.75) is 31.3 Å². The fraction of sp³-hybridized carbons (Fsp3) is 0.435. The Morgan fingerprint density at radius 1 is 1.00 bits per heavy atom. The molecule has 3 rings (SSSR count). The maximum absolute atomic E-state index is 12.5. The highest BCUT2D eigenvalue weighted by molar-refractivity contribution is 7.92. The van der Waals surface area contributed by atoms with Gasteiger partial charge in [-0.3, -0.25) is 19.4 Å². The number of nitrogens with one attached hydrogen (secondary N) is 2. The van der Waals surface area contributed by atoms with Crippen LogP contribution in [0.3, 0.4) is 0 Å². The number of aromatic nitrogens is 1. The van der Waals surface area contributed by atoms with Gasteiger partial charge >= 0.3 is 6.09 Å². The van der Waals surface area contributed by atoms with Gasteiger partial charge in [0, 0.05) is 57.2 Å². The first-order valence-electron chi connectivity index (χ1n) is 11.0. The Labute approximate surface area is 200 Å². The summed E-state index contributed by atoms with van der Waals surface area (Å²) in [6, 6.07) is 8.86. The summed E-state index contributed by atoms with van der Waals surface area (Å²) >= 11 is 0. The average molecular weight is 490 g/mol. The first kappa shape index (κ1) is 25.4. The second-order valence-electron chi connectivity index (χ2n) is 8.93. The summed E-state index contributed by atoms with van der Waals surface area (Å²) < 4.78 is 32.9. The smallest absolute Gasteiger partial charge is 0.410 e. The van der Waals surface area contributed by atoms with Crippen molar-refractivity contribution < 1.29 is 22.7 Å². The maximum Gasteiger partial charge on any atom is 0.410 e. The number of anilines is 1. The Bertz CT molecular complexity index is 1080. The van der Waals surface area contributed by atoms with Gasteiger partial charge in [-0.1, -0.05) is 0 Å². The lowest BCUT2D eigenvalue weighted by Crippen LogP contribution is -2.51. The first-order chi connectivity index (χ1) is 16.0. The third-order valence-electron chi connectivity index (χ3n) is 5.10. The van der Waals surface area contributed by atoms with Crippen molar-refractivity contribution in [2.75, 3.05) is 44.0 Å². The molecule has 1 saturated heterocycles. The van der Waals surface area contributed by atoms with Gasteiger partial charge in [0.2, 0.25) is 0 Å². The maximum atomic E-state index is 12.5. The van der Waals surface area contributed by atoms with Crippen LogP contribution in [0, 0.1) is 0 Å². The Balaban J connectivity index is 1.43. The van der Waals surface area contributed by atoms with Gasteiger partial charge in [-0.05, 0) is 57.2 Å². The number of benzene rings is 1. The number of piperazine rings is 1. The van der Waals surface area contributed by atoms with Gasteiger partial charge < -0.3 is 15.0 Å². The minimum absolute atomic E-state index is 0.0590. The fourth-order valence-corrected chi connectivity index (χ4v) is 4.39. The third kappa shape index (κ3) is 7.42. The zero-order valence-corrected chi connectivity index (χ0v) is 20.5. The number of rotatable bonds is 7. The lowest BCUT2D eigenvalue weighted by atomic mass is 10.2. The summed E-state index contributed by atoms with van der Waals surface area (Å²) in [6.45, 7) is 9.17. The number of carbonyl (C=O) groups excluding carboxylic acids is 2. The number of pyridine rings is 1. The lowest BCUT2D eigenvalue weighted by molar-refractivity contribution is 0.0147. The van der Waals surface area contributed by atoms with Crippen LogP contribution >= 0.6 is 0 Å². The molecule has 10 nitrogen and oxygen atoms in total. The molecule has 1 aliphatic heterocycles. The van der Waals surface area contributed by atoms with Crippen LogP contribution in [0.5, 0.6) is 0 Å². The van der Waals surface area contributed by atoms with Crippen LogP contribution in [0.25, 0.3) is 0 Å². The summed E-state index contributed by atoms with van der Waals surface area (Å²) in [6.07, 6.45) is 2.68. The highest BCUT2D eigenvalue weighted by atomic mass is 32.2. The van der Waals surface area contributed by atoms with E-state index in [4.69, 9.17) is 4.74 Å². The molecule has 1 fully saturated rings. The van der Waals surface area contributed by atoms with E-state index in [2.05, 4.69) is 19.9 Å². The van der Waals surface area contributed by atoms with Crippen molar-refractivity contribution in [1.82, 2.24) is 20.1 Å². The second kappa shape index (κ2) is 10.8. The highest BCUT2D eigenvalue weighted by Gasteiger charge is 2.25. The van der Waals surface area contributed by atoms with E-state index in [1.165, 1.54) is 36.7 Å². The zero-order valence-electron chi connectivity index (χ0n) is 19.7. The van der Waals surface area contributed by atoms with Crippen LogP contribution in [-0.2, 0) is 14.8 Å². The van der Waals surface area contributed by atoms with Gasteiger partial charge in [-0.2, -0.15) is 0 Å². The molecule has 0 spiro atoms. The van der Waals surface area contributed by atoms with E-state index in [9.17, 15) is 18.0 Å². The molecule has 1 aliphatic rings. The number of hydrogen-bond acceptors (Lipinski definition) is 7. The van der Waals surface area contributed by atoms with Gasteiger partial charge in [-0.25, -0.2) is 13.2 Å². The van der Waals surface area contributed by atoms with E-state index in [-0.39, 0.29) is 16.9 Å². The van der Waals surface area contributed by atoms with Crippen molar-refractivity contribution in [2.24, 2.45) is 0 Å². The van der Waals surface area contributed by atoms with E-state index in [1.807, 2.05) is 20.8 Å². The largest absolute Gasteiger partial charge is 0.444 e. The van der Waals surface area contributed by atoms with Crippen LogP contribution in [0.15, 0.2) is 53.7 Å². The SMILES string of the molecule is CC(C)(C)OC(=O)N1CCN(CCNC(=O)c2ccc(S(=O)(=O)Nc3ccncc3)cc2)CC1. The van der Waals surface area contributed by atoms with Gasteiger partial charge in [0.05, 0.1) is 10.6 Å². The van der Waals surface area contributed by atoms with Crippen LogP contribution in [0.1, 0.15) is 31.1 Å². The van der Waals surface area contributed by atoms with E-state index in [0.29, 0.717) is 50.5 Å². The van der Waals surface area contributed by atoms with Gasteiger partial charge in [0.25, 0.3) is 15.9 Å². The summed E-state index contributed by atoms with van der Waals surface area (Å²) in [5.74, 6) is -0.279. The summed E-state index contributed by atoms with van der Waals surface area (Å²) in [5.41, 5.74) is 0.262. The Kier molecular flexibility index (Phi) is 8.11. The van der Waals surface area contributed by atoms with Crippen LogP contribution in [0.4, 0.5) is 10.5 Å². The molecule has 2 aromatic rings. The van der Waals surface area contributed by atoms with E-state index >= 15 is 0 Å². The second-order valence-corrected chi connectivity index (χ2v) is 10.6. The molecule has 0 saturated carbocycles. The Hall–Kier alpha value is -3.18. The molecular weight excluding hydrogens is 458 g/mol. The molecule has 0 radical (unpaired) electrons. The molecule has 34 heavy (non-hydrogen) atoms. The van der Waals surface area contributed by atoms with Crippen molar-refractivity contribution in [1.29, 1.82) is 0 Å². The molecule has 0 unspecified atom stereocenters. The minimum Gasteiger partial charge on any atom is -0.444 e. The molecule has 1 aromatic carbocycles. The molecule has 1 aromatic heterocycles. The molecule has 2 N–H and O–H groups in total. The number of nitrogens with zero attached hydrogens (tertiary/aromatic N) is 3. The number of hydrogen-bond donors (Lipinski definition) is 2. The molecule has 2 amide bonds. The van der Waals surface area contributed by atoms with Crippen molar-refractivity contribution in [3.8, 4) is 0 Å². The number of sulfonamides is 1. The molecule has 2 heterocycles. The molecule has 11 heteroatoms. The third-order valence-corrected chi connectivity index (χ3v) is 6.49. The number of ether oxygens (including phenoxy) is 1. The molecule has 0 atom stereocenters. The Morgan fingerprint density at radius 3 is 2.21 bits per heavy atom. The fourth-order valence-electron chi connectivity index (χ4n) is 3.33. The molecular formula is C23H31N5O5S. The zero-order chi connectivity index (χ0) is 24.8. The lowest BCUT2D eigenvalue weighted by Gasteiger charge is -2.35. The predicted molar refractivity (Wildman–Crippen MR) is 128 cm³/mol. The van der Waals surface area contributed by atoms with Gasteiger partial charge in [-0.15, -0.1) is 0 Å². The van der Waals surface area contributed by atoms with Crippen LogP contribution in [-0.4, -0.2) is 80.1 Å². The van der Waals surface area contributed by atoms with Gasteiger partial charge in [0.1, 0.15) is 5.60 Å². The normalized spacial score (nSPS) is 15.0. The van der Waals surface area contributed by atoms with E-state index in [1.54, 1.807) is 17.0 Å². The monoisotopic (exact) mass is 489 g/mol. The molecule has 184 valence electrons. The standard InChI is InChI=1S/C23H31N5O5S/c1-23(2,3)33-22(30)28-16-14-27(15-17-28)13-12-25-21(29)18-4-6-20(7-5-18)34(31,32)26-19-8-10-24-11-9-19/h4-11H,12-17H2,1-3H3,(H,24,26)(H,25,29). The van der Waals surface area contributed by atoms with Gasteiger partial charge in [0.15, 0.2) is 0 Å². The number of amides is 2. The van der Waals surface area contributed by atoms with E-state index in [0.717, 1.165) is 0 Å². The minimum atomic E-state index is -3.76. The summed E-state index contributed by atoms with van der Waals surface area (Å²) in [4.78, 5) is 32.4. The van der Waals surface area contributed by atoms with Crippen molar-refractivity contribution in [3.05, 3.63) is 54.4 Å². The van der Waals surface area contributed by atoms with Crippen LogP contribution < -0.4 is 10.0 Å². The molecule has 0 aliphatic carbocycles. The van der Waals surface area contributed by atoms with E-state index < -0.39 is 15.6 Å². The molecule has 0 bridgehead atoms. The van der Waals surface area contributed by atoms with Crippen LogP contribution in [0.2, 0.25) is 0 Å². The highest BCUT2D eigenvalue weighted by Crippen LogP contribution is 2.16. The Morgan fingerprint density at radius 2 is 1.62 bits per heavy atom.